The van der Waals surface area contributed by atoms with Gasteiger partial charge in [0.1, 0.15) is 6.10 Å². The van der Waals surface area contributed by atoms with Crippen LogP contribution < -0.4 is 5.73 Å². The summed E-state index contributed by atoms with van der Waals surface area (Å²) in [6, 6.07) is 0. The molecule has 0 heterocycles. The Kier molecular flexibility index (Phi) is 46.4. The molecule has 0 aromatic rings. The number of allylic oxidation sites excluding steroid dienone is 16. The summed E-state index contributed by atoms with van der Waals surface area (Å²) in [7, 11) is 0. The van der Waals surface area contributed by atoms with E-state index in [0.29, 0.717) is 19.4 Å². The molecule has 472 valence electrons. The van der Waals surface area contributed by atoms with Gasteiger partial charge in [-0.3, -0.25) is 9.79 Å². The lowest BCUT2D eigenvalue weighted by Gasteiger charge is -2.25. The SMILES string of the molecule is CCCC/C=N\C(N)=NCCCC(O)CC(O)C/C=C/C(O)CC(O)C/C=C/C(O)CC(O)CC(O)C/C=C/C(O)CC(O)C(=O)C(C)C(O)\C=C/C=C/C=C/C=C/C=C/C=C/C(O)C(C)C(O)C(C)/C=C/CC/C=C/C=C/C=C(\C)C(=O)O. The second-order valence-electron chi connectivity index (χ2n) is 21.2. The lowest BCUT2D eigenvalue weighted by atomic mass is 9.88. The van der Waals surface area contributed by atoms with Gasteiger partial charge in [-0.25, -0.2) is 9.79 Å². The van der Waals surface area contributed by atoms with E-state index in [1.807, 2.05) is 31.2 Å². The number of hydrogen-bond donors (Lipinski definition) is 14. The Morgan fingerprint density at radius 2 is 0.976 bits per heavy atom. The number of carboxylic acids is 1. The van der Waals surface area contributed by atoms with Crippen molar-refractivity contribution in [3.8, 4) is 0 Å². The third-order valence-corrected chi connectivity index (χ3v) is 13.3. The minimum Gasteiger partial charge on any atom is -0.478 e. The van der Waals surface area contributed by atoms with Crippen LogP contribution in [0.4, 0.5) is 0 Å². The third-order valence-electron chi connectivity index (χ3n) is 13.3. The molecule has 0 fully saturated rings. The first-order chi connectivity index (χ1) is 40.0. The molecule has 0 rings (SSSR count). The number of carbonyl (C=O) groups is 2. The van der Waals surface area contributed by atoms with Crippen LogP contribution in [0.3, 0.4) is 0 Å². The smallest absolute Gasteiger partial charge is 0.331 e. The molecule has 0 saturated carbocycles. The van der Waals surface area contributed by atoms with Gasteiger partial charge in [-0.2, -0.15) is 0 Å². The summed E-state index contributed by atoms with van der Waals surface area (Å²) in [5.41, 5.74) is 6.01. The van der Waals surface area contributed by atoms with Crippen molar-refractivity contribution in [3.05, 3.63) is 157 Å². The highest BCUT2D eigenvalue weighted by Crippen LogP contribution is 2.20. The molecular formula is C66H103N3O15. The van der Waals surface area contributed by atoms with Crippen LogP contribution in [0, 0.1) is 17.8 Å². The maximum absolute atomic E-state index is 12.8. The fourth-order valence-corrected chi connectivity index (χ4v) is 7.95. The standard InChI is InChI=1S/C66H103N3O15/c1-6-7-25-41-68-66(67)69-42-29-38-57(75)44-54(72)33-26-32-52(70)43-53(71)34-27-35-55(73)45-59(77)46-56(74)36-28-37-58(76)47-62(80)64(82)51(5)61(79)40-24-20-16-11-9-8-10-15-19-23-39-60(78)50(4)63(81)48(2)30-21-17-13-12-14-18-22-31-49(3)65(83)84/h8-12,14-16,18-24,26-28,30-32,35,37,39-41,48,50-63,70-81H,6-7,13,17,25,29,33-34,36,38,42-47H2,1-5H3,(H2,67,69)(H,83,84)/b10-8+,11-9+,14-12+,19-15+,20-16+,22-18+,30-21+,32-26+,35-27+,37-28+,39-23+,40-24-,49-31+,68-41-. The second kappa shape index (κ2) is 49.7. The number of guanidine groups is 1. The molecule has 18 heteroatoms. The number of unbranched alkanes of at least 4 members (excludes halogenated alkanes) is 3. The quantitative estimate of drug-likeness (QED) is 0.00748. The lowest BCUT2D eigenvalue weighted by Crippen LogP contribution is -2.35. The van der Waals surface area contributed by atoms with Crippen LogP contribution >= 0.6 is 0 Å². The zero-order chi connectivity index (χ0) is 63.1. The number of aliphatic carboxylic acids is 1. The average molecular weight is 1180 g/mol. The Labute approximate surface area is 499 Å². The summed E-state index contributed by atoms with van der Waals surface area (Å²) in [5.74, 6) is -2.96. The number of ketones is 1. The Bertz CT molecular complexity index is 2240. The first-order valence-corrected chi connectivity index (χ1v) is 29.4. The van der Waals surface area contributed by atoms with Gasteiger partial charge in [0.2, 0.25) is 5.96 Å². The van der Waals surface area contributed by atoms with Crippen LogP contribution in [0.5, 0.6) is 0 Å². The molecule has 15 N–H and O–H groups in total. The summed E-state index contributed by atoms with van der Waals surface area (Å²) in [6.07, 6.45) is 36.7. The van der Waals surface area contributed by atoms with E-state index in [9.17, 15) is 70.9 Å². The number of rotatable bonds is 46. The van der Waals surface area contributed by atoms with Gasteiger partial charge < -0.3 is 72.1 Å². The van der Waals surface area contributed by atoms with Crippen molar-refractivity contribution in [2.24, 2.45) is 33.5 Å². The van der Waals surface area contributed by atoms with Crippen molar-refractivity contribution in [1.82, 2.24) is 0 Å². The molecule has 15 atom stereocenters. The van der Waals surface area contributed by atoms with Crippen LogP contribution in [-0.4, -0.2) is 170 Å². The van der Waals surface area contributed by atoms with E-state index in [1.165, 1.54) is 56.4 Å². The summed E-state index contributed by atoms with van der Waals surface area (Å²) in [5, 5.41) is 134. The van der Waals surface area contributed by atoms with Crippen LogP contribution in [-0.2, 0) is 9.59 Å². The van der Waals surface area contributed by atoms with Crippen molar-refractivity contribution in [2.75, 3.05) is 6.54 Å². The number of carbonyl (C=O) groups excluding carboxylic acids is 1. The second-order valence-corrected chi connectivity index (χ2v) is 21.2. The number of aliphatic hydroxyl groups excluding tert-OH is 12. The van der Waals surface area contributed by atoms with E-state index in [-0.39, 0.29) is 68.8 Å². The van der Waals surface area contributed by atoms with Gasteiger partial charge in [0, 0.05) is 55.3 Å². The Morgan fingerprint density at radius 1 is 0.500 bits per heavy atom. The molecule has 0 spiro atoms. The van der Waals surface area contributed by atoms with Gasteiger partial charge in [0.25, 0.3) is 0 Å². The van der Waals surface area contributed by atoms with Gasteiger partial charge in [-0.1, -0.05) is 186 Å². The van der Waals surface area contributed by atoms with E-state index in [2.05, 4.69) is 16.9 Å². The Hall–Kier alpha value is -5.58. The van der Waals surface area contributed by atoms with E-state index >= 15 is 0 Å². The summed E-state index contributed by atoms with van der Waals surface area (Å²) in [4.78, 5) is 31.8. The van der Waals surface area contributed by atoms with Crippen molar-refractivity contribution in [2.45, 2.75) is 204 Å². The van der Waals surface area contributed by atoms with Gasteiger partial charge in [0.05, 0.1) is 67.1 Å². The number of carboxylic acid groups (broad SMARTS) is 1. The predicted octanol–water partition coefficient (Wildman–Crippen LogP) is 6.76. The largest absolute Gasteiger partial charge is 0.478 e. The lowest BCUT2D eigenvalue weighted by molar-refractivity contribution is -0.134. The molecule has 0 aromatic heterocycles. The van der Waals surface area contributed by atoms with Gasteiger partial charge in [0.15, 0.2) is 5.78 Å². The number of aliphatic imine (C=N–C) groups is 2. The van der Waals surface area contributed by atoms with Gasteiger partial charge >= 0.3 is 5.97 Å². The van der Waals surface area contributed by atoms with Crippen molar-refractivity contribution in [1.29, 1.82) is 0 Å². The average Bonchev–Trinajstić information content (AvgIpc) is 3.43. The zero-order valence-electron chi connectivity index (χ0n) is 50.1. The van der Waals surface area contributed by atoms with Crippen LogP contribution in [0.25, 0.3) is 0 Å². The normalized spacial score (nSPS) is 19.2. The molecule has 0 amide bonds. The fraction of sp³-hybridized carbons (Fsp3) is 0.545. The topological polar surface area (TPSA) is 348 Å². The van der Waals surface area contributed by atoms with Crippen molar-refractivity contribution < 1.29 is 76.0 Å². The summed E-state index contributed by atoms with van der Waals surface area (Å²) in [6.45, 7) is 9.18. The van der Waals surface area contributed by atoms with Crippen molar-refractivity contribution >= 4 is 23.9 Å². The summed E-state index contributed by atoms with van der Waals surface area (Å²) < 4.78 is 0. The van der Waals surface area contributed by atoms with Crippen molar-refractivity contribution in [3.63, 3.8) is 0 Å². The maximum atomic E-state index is 12.8. The molecule has 0 aliphatic heterocycles. The molecular weight excluding hydrogens is 1070 g/mol. The highest BCUT2D eigenvalue weighted by molar-refractivity contribution is 5.87. The highest BCUT2D eigenvalue weighted by Gasteiger charge is 2.28. The Balaban J connectivity index is 4.55. The number of hydrogen-bond acceptors (Lipinski definition) is 15. The number of nitrogens with two attached hydrogens (primary N) is 1. The number of nitrogens with zero attached hydrogens (tertiary/aromatic N) is 2. The van der Waals surface area contributed by atoms with E-state index in [4.69, 9.17) is 10.8 Å². The molecule has 18 nitrogen and oxygen atoms in total. The van der Waals surface area contributed by atoms with E-state index in [0.717, 1.165) is 32.1 Å². The highest BCUT2D eigenvalue weighted by atomic mass is 16.4. The number of Topliss-reactive ketones (excluding diaryl/α,β-unsaturated/α-hetero) is 1. The van der Waals surface area contributed by atoms with Gasteiger partial charge in [-0.05, 0) is 77.6 Å². The first kappa shape index (κ1) is 78.4. The van der Waals surface area contributed by atoms with Crippen LogP contribution in [0.1, 0.15) is 131 Å². The van der Waals surface area contributed by atoms with E-state index < -0.39 is 96.8 Å². The van der Waals surface area contributed by atoms with E-state index in [1.54, 1.807) is 98.2 Å². The molecule has 84 heavy (non-hydrogen) atoms. The zero-order valence-corrected chi connectivity index (χ0v) is 50.1. The molecule has 0 radical (unpaired) electrons. The third kappa shape index (κ3) is 43.1. The van der Waals surface area contributed by atoms with Crippen LogP contribution in [0.15, 0.2) is 167 Å². The van der Waals surface area contributed by atoms with Crippen LogP contribution in [0.2, 0.25) is 0 Å². The Morgan fingerprint density at radius 3 is 1.52 bits per heavy atom. The fourth-order valence-electron chi connectivity index (χ4n) is 7.95. The molecule has 0 aliphatic rings. The van der Waals surface area contributed by atoms with Gasteiger partial charge in [-0.15, -0.1) is 0 Å². The number of aliphatic hydroxyl groups is 12. The molecule has 15 unspecified atom stereocenters. The molecule has 0 saturated heterocycles. The maximum Gasteiger partial charge on any atom is 0.331 e. The minimum absolute atomic E-state index is 0.000581. The predicted molar refractivity (Wildman–Crippen MR) is 336 cm³/mol. The molecule has 0 aromatic carbocycles. The molecule has 0 aliphatic carbocycles. The summed E-state index contributed by atoms with van der Waals surface area (Å²) >= 11 is 0. The monoisotopic (exact) mass is 1180 g/mol. The molecule has 0 bridgehead atoms. The first-order valence-electron chi connectivity index (χ1n) is 29.4. The minimum atomic E-state index is -1.57.